The molecule has 0 unspecified atom stereocenters. The van der Waals surface area contributed by atoms with E-state index < -0.39 is 0 Å². The SMILES string of the molecule is CC(C)C(=O)CCC(=O)COCCOCC(=O)CCC(=O)C(C)C. The molecule has 0 bridgehead atoms. The van der Waals surface area contributed by atoms with Gasteiger partial charge in [-0.05, 0) is 0 Å². The van der Waals surface area contributed by atoms with Gasteiger partial charge >= 0.3 is 0 Å². The molecule has 0 saturated carbocycles. The van der Waals surface area contributed by atoms with Crippen molar-refractivity contribution in [1.82, 2.24) is 0 Å². The van der Waals surface area contributed by atoms with Crippen LogP contribution in [0.15, 0.2) is 0 Å². The Hall–Kier alpha value is -1.40. The zero-order chi connectivity index (χ0) is 18.5. The van der Waals surface area contributed by atoms with Crippen LogP contribution in [0, 0.1) is 11.8 Å². The molecule has 0 rings (SSSR count). The van der Waals surface area contributed by atoms with Gasteiger partial charge in [0, 0.05) is 37.5 Å². The van der Waals surface area contributed by atoms with Crippen LogP contribution >= 0.6 is 0 Å². The van der Waals surface area contributed by atoms with Crippen LogP contribution in [0.2, 0.25) is 0 Å². The molecular formula is C18H30O6. The molecule has 6 nitrogen and oxygen atoms in total. The smallest absolute Gasteiger partial charge is 0.158 e. The Kier molecular flexibility index (Phi) is 12.2. The van der Waals surface area contributed by atoms with Gasteiger partial charge in [-0.1, -0.05) is 27.7 Å². The second kappa shape index (κ2) is 13.0. The molecule has 0 aliphatic rings. The van der Waals surface area contributed by atoms with Gasteiger partial charge in [-0.2, -0.15) is 0 Å². The summed E-state index contributed by atoms with van der Waals surface area (Å²) in [6, 6.07) is 0. The predicted molar refractivity (Wildman–Crippen MR) is 89.8 cm³/mol. The Bertz CT molecular complexity index is 385. The number of hydrogen-bond donors (Lipinski definition) is 0. The number of ether oxygens (including phenoxy) is 2. The van der Waals surface area contributed by atoms with Crippen molar-refractivity contribution >= 4 is 23.1 Å². The summed E-state index contributed by atoms with van der Waals surface area (Å²) in [4.78, 5) is 45.8. The lowest BCUT2D eigenvalue weighted by Gasteiger charge is -2.06. The molecule has 0 spiro atoms. The molecule has 0 heterocycles. The van der Waals surface area contributed by atoms with Crippen LogP contribution in [0.25, 0.3) is 0 Å². The van der Waals surface area contributed by atoms with E-state index in [4.69, 9.17) is 9.47 Å². The van der Waals surface area contributed by atoms with Crippen molar-refractivity contribution in [2.75, 3.05) is 26.4 Å². The van der Waals surface area contributed by atoms with Gasteiger partial charge in [0.1, 0.15) is 24.8 Å². The number of Topliss-reactive ketones (excluding diaryl/α,β-unsaturated/α-hetero) is 4. The van der Waals surface area contributed by atoms with Gasteiger partial charge in [-0.3, -0.25) is 19.2 Å². The van der Waals surface area contributed by atoms with Crippen molar-refractivity contribution in [3.05, 3.63) is 0 Å². The van der Waals surface area contributed by atoms with Crippen LogP contribution in [0.1, 0.15) is 53.4 Å². The van der Waals surface area contributed by atoms with Gasteiger partial charge in [-0.15, -0.1) is 0 Å². The lowest BCUT2D eigenvalue weighted by atomic mass is 10.0. The van der Waals surface area contributed by atoms with Crippen molar-refractivity contribution in [2.24, 2.45) is 11.8 Å². The van der Waals surface area contributed by atoms with E-state index in [-0.39, 0.29) is 87.1 Å². The monoisotopic (exact) mass is 342 g/mol. The van der Waals surface area contributed by atoms with Gasteiger partial charge in [-0.25, -0.2) is 0 Å². The van der Waals surface area contributed by atoms with E-state index in [0.717, 1.165) is 0 Å². The summed E-state index contributed by atoms with van der Waals surface area (Å²) in [6.07, 6.45) is 0.889. The first-order chi connectivity index (χ1) is 11.2. The molecule has 0 saturated heterocycles. The van der Waals surface area contributed by atoms with Crippen molar-refractivity contribution in [1.29, 1.82) is 0 Å². The molecule has 0 fully saturated rings. The number of carbonyl (C=O) groups is 4. The second-order valence-electron chi connectivity index (χ2n) is 6.42. The summed E-state index contributed by atoms with van der Waals surface area (Å²) < 4.78 is 10.3. The highest BCUT2D eigenvalue weighted by Crippen LogP contribution is 2.03. The first-order valence-electron chi connectivity index (χ1n) is 8.48. The Morgan fingerprint density at radius 3 is 1.25 bits per heavy atom. The van der Waals surface area contributed by atoms with Crippen molar-refractivity contribution < 1.29 is 28.7 Å². The average Bonchev–Trinajstić information content (AvgIpc) is 2.52. The molecule has 0 aromatic heterocycles. The molecular weight excluding hydrogens is 312 g/mol. The largest absolute Gasteiger partial charge is 0.371 e. The Balaban J connectivity index is 3.56. The summed E-state index contributed by atoms with van der Waals surface area (Å²) >= 11 is 0. The van der Waals surface area contributed by atoms with Crippen LogP contribution in [-0.2, 0) is 28.7 Å². The van der Waals surface area contributed by atoms with E-state index in [1.165, 1.54) is 0 Å². The fourth-order valence-electron chi connectivity index (χ4n) is 1.74. The van der Waals surface area contributed by atoms with Crippen LogP contribution < -0.4 is 0 Å². The first kappa shape index (κ1) is 22.6. The summed E-state index contributed by atoms with van der Waals surface area (Å²) in [7, 11) is 0. The third kappa shape index (κ3) is 12.1. The highest BCUT2D eigenvalue weighted by Gasteiger charge is 2.11. The fraction of sp³-hybridized carbons (Fsp3) is 0.778. The van der Waals surface area contributed by atoms with Crippen molar-refractivity contribution in [3.63, 3.8) is 0 Å². The zero-order valence-corrected chi connectivity index (χ0v) is 15.3. The van der Waals surface area contributed by atoms with E-state index >= 15 is 0 Å². The second-order valence-corrected chi connectivity index (χ2v) is 6.42. The maximum absolute atomic E-state index is 11.5. The first-order valence-corrected chi connectivity index (χ1v) is 8.48. The summed E-state index contributed by atoms with van der Waals surface area (Å²) in [5.74, 6) is -0.206. The highest BCUT2D eigenvalue weighted by molar-refractivity contribution is 5.88. The Morgan fingerprint density at radius 1 is 0.625 bits per heavy atom. The predicted octanol–water partition coefficient (Wildman–Crippen LogP) is 2.17. The lowest BCUT2D eigenvalue weighted by Crippen LogP contribution is -2.17. The lowest BCUT2D eigenvalue weighted by molar-refractivity contribution is -0.129. The normalized spacial score (nSPS) is 11.1. The standard InChI is InChI=1S/C18H30O6/c1-13(2)17(21)7-5-15(19)11-23-9-10-24-12-16(20)6-8-18(22)14(3)4/h13-14H,5-12H2,1-4H3. The molecule has 24 heavy (non-hydrogen) atoms. The Morgan fingerprint density at radius 2 is 0.958 bits per heavy atom. The molecule has 0 aliphatic carbocycles. The number of hydrogen-bond acceptors (Lipinski definition) is 6. The molecule has 0 amide bonds. The van der Waals surface area contributed by atoms with Crippen LogP contribution in [0.3, 0.4) is 0 Å². The van der Waals surface area contributed by atoms with E-state index in [0.29, 0.717) is 0 Å². The quantitative estimate of drug-likeness (QED) is 0.424. The van der Waals surface area contributed by atoms with Crippen molar-refractivity contribution in [2.45, 2.75) is 53.4 Å². The minimum atomic E-state index is -0.118. The van der Waals surface area contributed by atoms with Crippen LogP contribution in [0.5, 0.6) is 0 Å². The minimum absolute atomic E-state index is 0.0500. The third-order valence-corrected chi connectivity index (χ3v) is 3.49. The molecule has 6 heteroatoms. The molecule has 0 radical (unpaired) electrons. The molecule has 0 N–H and O–H groups in total. The maximum atomic E-state index is 11.5. The van der Waals surface area contributed by atoms with Gasteiger partial charge in [0.2, 0.25) is 0 Å². The van der Waals surface area contributed by atoms with E-state index in [1.807, 2.05) is 0 Å². The van der Waals surface area contributed by atoms with E-state index in [9.17, 15) is 19.2 Å². The maximum Gasteiger partial charge on any atom is 0.158 e. The third-order valence-electron chi connectivity index (χ3n) is 3.49. The fourth-order valence-corrected chi connectivity index (χ4v) is 1.74. The minimum Gasteiger partial charge on any atom is -0.371 e. The van der Waals surface area contributed by atoms with E-state index in [1.54, 1.807) is 27.7 Å². The number of carbonyl (C=O) groups excluding carboxylic acids is 4. The van der Waals surface area contributed by atoms with Crippen LogP contribution in [0.4, 0.5) is 0 Å². The van der Waals surface area contributed by atoms with Gasteiger partial charge in [0.15, 0.2) is 11.6 Å². The van der Waals surface area contributed by atoms with Crippen LogP contribution in [-0.4, -0.2) is 49.6 Å². The summed E-state index contributed by atoms with van der Waals surface area (Å²) in [5.41, 5.74) is 0. The number of rotatable bonds is 15. The average molecular weight is 342 g/mol. The molecule has 0 aliphatic heterocycles. The number of ketones is 4. The van der Waals surface area contributed by atoms with Gasteiger partial charge < -0.3 is 9.47 Å². The van der Waals surface area contributed by atoms with E-state index in [2.05, 4.69) is 0 Å². The molecule has 0 aromatic carbocycles. The molecule has 0 aromatic rings. The Labute approximate surface area is 144 Å². The zero-order valence-electron chi connectivity index (χ0n) is 15.3. The summed E-state index contributed by atoms with van der Waals surface area (Å²) in [6.45, 7) is 7.55. The molecule has 0 atom stereocenters. The van der Waals surface area contributed by atoms with Gasteiger partial charge in [0.25, 0.3) is 0 Å². The summed E-state index contributed by atoms with van der Waals surface area (Å²) in [5, 5.41) is 0. The topological polar surface area (TPSA) is 86.7 Å². The molecule has 138 valence electrons. The van der Waals surface area contributed by atoms with Gasteiger partial charge in [0.05, 0.1) is 13.2 Å². The highest BCUT2D eigenvalue weighted by atomic mass is 16.5. The van der Waals surface area contributed by atoms with Crippen molar-refractivity contribution in [3.8, 4) is 0 Å².